The fourth-order valence-electron chi connectivity index (χ4n) is 3.44. The van der Waals surface area contributed by atoms with Crippen LogP contribution in [0.25, 0.3) is 6.08 Å². The van der Waals surface area contributed by atoms with E-state index in [9.17, 15) is 13.2 Å². The van der Waals surface area contributed by atoms with Crippen LogP contribution in [0.15, 0.2) is 59.0 Å². The first kappa shape index (κ1) is 18.7. The van der Waals surface area contributed by atoms with Crippen molar-refractivity contribution in [1.82, 2.24) is 5.32 Å². The molecular weight excluding hydrogens is 372 g/mol. The molecule has 1 N–H and O–H groups in total. The molecule has 0 aromatic heterocycles. The van der Waals surface area contributed by atoms with Crippen LogP contribution in [-0.4, -0.2) is 26.9 Å². The van der Waals surface area contributed by atoms with Crippen molar-refractivity contribution in [2.24, 2.45) is 0 Å². The van der Waals surface area contributed by atoms with Crippen LogP contribution in [0.2, 0.25) is 0 Å². The monoisotopic (exact) mass is 396 g/mol. The van der Waals surface area contributed by atoms with Gasteiger partial charge in [0.1, 0.15) is 0 Å². The topological polar surface area (TPSA) is 66.5 Å². The summed E-state index contributed by atoms with van der Waals surface area (Å²) in [7, 11) is -3.64. The number of hydrogen-bond acceptors (Lipinski definition) is 3. The van der Waals surface area contributed by atoms with Gasteiger partial charge in [0.15, 0.2) is 0 Å². The number of hydrogen-bond donors (Lipinski definition) is 1. The Hall–Kier alpha value is -2.60. The molecule has 0 heterocycles. The molecule has 2 aliphatic carbocycles. The number of anilines is 1. The van der Waals surface area contributed by atoms with Gasteiger partial charge < -0.3 is 5.32 Å². The number of amides is 1. The molecule has 1 amide bonds. The van der Waals surface area contributed by atoms with Gasteiger partial charge >= 0.3 is 0 Å². The quantitative estimate of drug-likeness (QED) is 0.779. The van der Waals surface area contributed by atoms with E-state index in [-0.39, 0.29) is 10.8 Å². The summed E-state index contributed by atoms with van der Waals surface area (Å²) >= 11 is 0. The molecule has 0 atom stereocenters. The predicted molar refractivity (Wildman–Crippen MR) is 111 cm³/mol. The second-order valence-corrected chi connectivity index (χ2v) is 9.23. The number of nitrogens with one attached hydrogen (secondary N) is 1. The third-order valence-corrected chi connectivity index (χ3v) is 6.93. The Kier molecular flexibility index (Phi) is 4.98. The lowest BCUT2D eigenvalue weighted by atomic mass is 10.1. The minimum atomic E-state index is -3.64. The van der Waals surface area contributed by atoms with E-state index in [2.05, 4.69) is 5.32 Å². The van der Waals surface area contributed by atoms with Crippen LogP contribution in [0.1, 0.15) is 37.3 Å². The summed E-state index contributed by atoms with van der Waals surface area (Å²) in [4.78, 5) is 12.6. The Morgan fingerprint density at radius 3 is 2.57 bits per heavy atom. The highest BCUT2D eigenvalue weighted by molar-refractivity contribution is 7.92. The summed E-state index contributed by atoms with van der Waals surface area (Å²) < 4.78 is 27.8. The first-order valence-corrected chi connectivity index (χ1v) is 11.1. The van der Waals surface area contributed by atoms with Crippen molar-refractivity contribution in [1.29, 1.82) is 0 Å². The summed E-state index contributed by atoms with van der Waals surface area (Å²) in [6.07, 6.45) is 5.29. The van der Waals surface area contributed by atoms with Gasteiger partial charge in [-0.15, -0.1) is 0 Å². The lowest BCUT2D eigenvalue weighted by molar-refractivity contribution is -0.117. The maximum absolute atomic E-state index is 13.2. The van der Waals surface area contributed by atoms with Crippen molar-refractivity contribution in [3.05, 3.63) is 65.2 Å². The van der Waals surface area contributed by atoms with Crippen molar-refractivity contribution in [3.8, 4) is 0 Å². The van der Waals surface area contributed by atoms with Gasteiger partial charge in [0.25, 0.3) is 10.0 Å². The van der Waals surface area contributed by atoms with Gasteiger partial charge in [-0.05, 0) is 60.7 Å². The standard InChI is InChI=1S/C22H24N2O3S/c1-2-12-24(28(26,27)21-6-4-3-5-7-21)20-11-8-16-13-18(14-17(16)15-20)22(25)23-19-9-10-19/h3-8,11,14-15,19H,2,9-10,12-13H2,1H3,(H,23,25). The minimum Gasteiger partial charge on any atom is -0.350 e. The van der Waals surface area contributed by atoms with Crippen molar-refractivity contribution in [2.75, 3.05) is 10.8 Å². The van der Waals surface area contributed by atoms with Crippen molar-refractivity contribution >= 4 is 27.7 Å². The molecule has 0 spiro atoms. The van der Waals surface area contributed by atoms with Gasteiger partial charge in [0.2, 0.25) is 5.91 Å². The zero-order chi connectivity index (χ0) is 19.7. The zero-order valence-corrected chi connectivity index (χ0v) is 16.7. The van der Waals surface area contributed by atoms with E-state index in [4.69, 9.17) is 0 Å². The summed E-state index contributed by atoms with van der Waals surface area (Å²) in [6.45, 7) is 2.36. The summed E-state index contributed by atoms with van der Waals surface area (Å²) in [5, 5.41) is 3.02. The molecule has 1 fully saturated rings. The van der Waals surface area contributed by atoms with Crippen LogP contribution in [0.3, 0.4) is 0 Å². The van der Waals surface area contributed by atoms with Crippen LogP contribution in [0.4, 0.5) is 5.69 Å². The lowest BCUT2D eigenvalue weighted by Gasteiger charge is -2.24. The molecule has 0 aliphatic heterocycles. The van der Waals surface area contributed by atoms with Crippen LogP contribution < -0.4 is 9.62 Å². The fraction of sp³-hybridized carbons (Fsp3) is 0.318. The van der Waals surface area contributed by atoms with E-state index in [0.29, 0.717) is 31.1 Å². The Morgan fingerprint density at radius 2 is 1.89 bits per heavy atom. The van der Waals surface area contributed by atoms with Crippen LogP contribution in [0.5, 0.6) is 0 Å². The van der Waals surface area contributed by atoms with E-state index in [1.54, 1.807) is 30.3 Å². The average Bonchev–Trinajstić information content (AvgIpc) is 3.41. The maximum Gasteiger partial charge on any atom is 0.264 e. The fourth-order valence-corrected chi connectivity index (χ4v) is 5.01. The van der Waals surface area contributed by atoms with Gasteiger partial charge in [-0.2, -0.15) is 0 Å². The number of rotatable bonds is 7. The van der Waals surface area contributed by atoms with Crippen LogP contribution in [0, 0.1) is 0 Å². The largest absolute Gasteiger partial charge is 0.350 e. The smallest absolute Gasteiger partial charge is 0.264 e. The Bertz CT molecular complexity index is 1030. The molecule has 5 nitrogen and oxygen atoms in total. The van der Waals surface area contributed by atoms with Crippen molar-refractivity contribution < 1.29 is 13.2 Å². The third kappa shape index (κ3) is 3.69. The number of benzene rings is 2. The van der Waals surface area contributed by atoms with Gasteiger partial charge in [0.05, 0.1) is 10.6 Å². The number of sulfonamides is 1. The van der Waals surface area contributed by atoms with E-state index in [1.807, 2.05) is 31.2 Å². The van der Waals surface area contributed by atoms with E-state index >= 15 is 0 Å². The maximum atomic E-state index is 13.2. The van der Waals surface area contributed by atoms with E-state index in [0.717, 1.165) is 29.5 Å². The first-order chi connectivity index (χ1) is 13.5. The lowest BCUT2D eigenvalue weighted by Crippen LogP contribution is -2.31. The highest BCUT2D eigenvalue weighted by Crippen LogP contribution is 2.32. The third-order valence-electron chi connectivity index (χ3n) is 5.09. The van der Waals surface area contributed by atoms with E-state index in [1.165, 1.54) is 4.31 Å². The van der Waals surface area contributed by atoms with Crippen LogP contribution in [-0.2, 0) is 21.2 Å². The molecule has 28 heavy (non-hydrogen) atoms. The van der Waals surface area contributed by atoms with Gasteiger partial charge in [0, 0.05) is 24.6 Å². The van der Waals surface area contributed by atoms with Crippen molar-refractivity contribution in [3.63, 3.8) is 0 Å². The SMILES string of the molecule is CCCN(c1ccc2c(c1)C=C(C(=O)NC1CC1)C2)S(=O)(=O)c1ccccc1. The number of fused-ring (bicyclic) bond motifs is 1. The molecule has 4 rings (SSSR count). The molecule has 2 aromatic carbocycles. The van der Waals surface area contributed by atoms with Crippen molar-refractivity contribution in [2.45, 2.75) is 43.5 Å². The second-order valence-electron chi connectivity index (χ2n) is 7.37. The molecule has 2 aromatic rings. The zero-order valence-electron chi connectivity index (χ0n) is 15.9. The van der Waals surface area contributed by atoms with Gasteiger partial charge in [-0.3, -0.25) is 9.10 Å². The molecule has 0 radical (unpaired) electrons. The second kappa shape index (κ2) is 7.43. The molecule has 2 aliphatic rings. The average molecular weight is 397 g/mol. The molecule has 0 unspecified atom stereocenters. The normalized spacial score (nSPS) is 15.7. The highest BCUT2D eigenvalue weighted by atomic mass is 32.2. The van der Waals surface area contributed by atoms with Gasteiger partial charge in [-0.1, -0.05) is 31.2 Å². The Morgan fingerprint density at radius 1 is 1.14 bits per heavy atom. The van der Waals surface area contributed by atoms with E-state index < -0.39 is 10.0 Å². The van der Waals surface area contributed by atoms with Gasteiger partial charge in [-0.25, -0.2) is 8.42 Å². The Labute approximate surface area is 166 Å². The first-order valence-electron chi connectivity index (χ1n) is 9.71. The minimum absolute atomic E-state index is 0.0115. The Balaban J connectivity index is 1.64. The molecule has 6 heteroatoms. The summed E-state index contributed by atoms with van der Waals surface area (Å²) in [5.41, 5.74) is 3.35. The molecule has 146 valence electrons. The summed E-state index contributed by atoms with van der Waals surface area (Å²) in [5.74, 6) is -0.0115. The highest BCUT2D eigenvalue weighted by Gasteiger charge is 2.28. The predicted octanol–water partition coefficient (Wildman–Crippen LogP) is 3.51. The number of carbonyl (C=O) groups is 1. The summed E-state index contributed by atoms with van der Waals surface area (Å²) in [6, 6.07) is 14.5. The number of nitrogens with zero attached hydrogens (tertiary/aromatic N) is 1. The molecule has 1 saturated carbocycles. The number of carbonyl (C=O) groups excluding carboxylic acids is 1. The molecule has 0 bridgehead atoms. The molecular formula is C22H24N2O3S. The molecule has 0 saturated heterocycles. The van der Waals surface area contributed by atoms with Crippen LogP contribution >= 0.6 is 0 Å².